The molecule has 0 aliphatic carbocycles. The minimum absolute atomic E-state index is 0.130. The van der Waals surface area contributed by atoms with Crippen LogP contribution in [-0.2, 0) is 9.53 Å². The lowest BCUT2D eigenvalue weighted by atomic mass is 9.95. The molecular formula is C14H20FNO3. The van der Waals surface area contributed by atoms with E-state index in [2.05, 4.69) is 0 Å². The predicted molar refractivity (Wildman–Crippen MR) is 70.3 cm³/mol. The molecule has 4 nitrogen and oxygen atoms in total. The van der Waals surface area contributed by atoms with Gasteiger partial charge in [0, 0.05) is 11.6 Å². The summed E-state index contributed by atoms with van der Waals surface area (Å²) in [7, 11) is 1.33. The van der Waals surface area contributed by atoms with Gasteiger partial charge in [-0.15, -0.1) is 0 Å². The fraction of sp³-hybridized carbons (Fsp3) is 0.500. The van der Waals surface area contributed by atoms with E-state index in [0.29, 0.717) is 11.3 Å². The van der Waals surface area contributed by atoms with Crippen LogP contribution < -0.4 is 10.5 Å². The molecule has 0 amide bonds. The number of ether oxygens (including phenoxy) is 2. The fourth-order valence-corrected chi connectivity index (χ4v) is 1.60. The Balaban J connectivity index is 2.86. The van der Waals surface area contributed by atoms with Crippen LogP contribution in [0, 0.1) is 11.2 Å². The van der Waals surface area contributed by atoms with E-state index in [0.717, 1.165) is 0 Å². The molecule has 19 heavy (non-hydrogen) atoms. The Bertz CT molecular complexity index is 458. The Morgan fingerprint density at radius 2 is 2.11 bits per heavy atom. The van der Waals surface area contributed by atoms with Gasteiger partial charge in [0.05, 0.1) is 12.5 Å². The maximum absolute atomic E-state index is 13.2. The van der Waals surface area contributed by atoms with E-state index in [-0.39, 0.29) is 24.4 Å². The first-order valence-electron chi connectivity index (χ1n) is 6.04. The van der Waals surface area contributed by atoms with Crippen molar-refractivity contribution in [1.82, 2.24) is 0 Å². The fourth-order valence-electron chi connectivity index (χ4n) is 1.60. The first-order valence-corrected chi connectivity index (χ1v) is 6.04. The highest BCUT2D eigenvalue weighted by Crippen LogP contribution is 2.27. The van der Waals surface area contributed by atoms with Gasteiger partial charge in [-0.3, -0.25) is 4.79 Å². The van der Waals surface area contributed by atoms with Gasteiger partial charge in [-0.2, -0.15) is 0 Å². The average Bonchev–Trinajstić information content (AvgIpc) is 2.36. The van der Waals surface area contributed by atoms with Gasteiger partial charge in [0.2, 0.25) is 0 Å². The third-order valence-corrected chi connectivity index (χ3v) is 2.79. The number of carbonyl (C=O) groups excluding carboxylic acids is 1. The quantitative estimate of drug-likeness (QED) is 0.834. The third-order valence-electron chi connectivity index (χ3n) is 2.79. The summed E-state index contributed by atoms with van der Waals surface area (Å²) >= 11 is 0. The van der Waals surface area contributed by atoms with Crippen molar-refractivity contribution in [1.29, 1.82) is 0 Å². The van der Waals surface area contributed by atoms with Crippen LogP contribution in [-0.4, -0.2) is 19.7 Å². The molecule has 1 rings (SSSR count). The molecular weight excluding hydrogens is 249 g/mol. The Morgan fingerprint density at radius 3 is 2.63 bits per heavy atom. The van der Waals surface area contributed by atoms with Gasteiger partial charge in [0.25, 0.3) is 0 Å². The highest BCUT2D eigenvalue weighted by atomic mass is 19.1. The number of nitrogens with two attached hydrogens (primary N) is 1. The van der Waals surface area contributed by atoms with Gasteiger partial charge < -0.3 is 15.2 Å². The number of halogens is 1. The van der Waals surface area contributed by atoms with Gasteiger partial charge in [0.1, 0.15) is 18.2 Å². The van der Waals surface area contributed by atoms with Crippen LogP contribution in [0.5, 0.6) is 5.75 Å². The Labute approximate surface area is 112 Å². The van der Waals surface area contributed by atoms with Crippen molar-refractivity contribution in [2.45, 2.75) is 26.8 Å². The minimum atomic E-state index is -0.780. The smallest absolute Gasteiger partial charge is 0.314 e. The predicted octanol–water partition coefficient (Wildman–Crippen LogP) is 2.42. The Hall–Kier alpha value is -1.62. The minimum Gasteiger partial charge on any atom is -0.492 e. The number of benzene rings is 1. The lowest BCUT2D eigenvalue weighted by Gasteiger charge is -2.23. The molecule has 0 fully saturated rings. The van der Waals surface area contributed by atoms with Crippen LogP contribution in [0.25, 0.3) is 0 Å². The van der Waals surface area contributed by atoms with Crippen molar-refractivity contribution in [3.8, 4) is 5.75 Å². The monoisotopic (exact) mass is 269 g/mol. The molecule has 0 aliphatic rings. The second-order valence-electron chi connectivity index (χ2n) is 5.13. The van der Waals surface area contributed by atoms with Crippen molar-refractivity contribution >= 4 is 5.97 Å². The van der Waals surface area contributed by atoms with E-state index in [1.54, 1.807) is 20.8 Å². The van der Waals surface area contributed by atoms with E-state index in [1.807, 2.05) is 0 Å². The number of carbonyl (C=O) groups is 1. The van der Waals surface area contributed by atoms with Crippen LogP contribution >= 0.6 is 0 Å². The van der Waals surface area contributed by atoms with Crippen LogP contribution in [0.2, 0.25) is 0 Å². The molecule has 1 aromatic rings. The van der Waals surface area contributed by atoms with Crippen molar-refractivity contribution in [2.24, 2.45) is 11.1 Å². The number of hydrogen-bond donors (Lipinski definition) is 1. The molecule has 0 aromatic heterocycles. The molecule has 0 aliphatic heterocycles. The van der Waals surface area contributed by atoms with Crippen molar-refractivity contribution < 1.29 is 18.7 Å². The summed E-state index contributed by atoms with van der Waals surface area (Å²) in [4.78, 5) is 11.5. The largest absolute Gasteiger partial charge is 0.492 e. The zero-order valence-electron chi connectivity index (χ0n) is 11.7. The normalized spacial score (nSPS) is 12.9. The van der Waals surface area contributed by atoms with E-state index >= 15 is 0 Å². The standard InChI is InChI=1S/C14H20FNO3/c1-9(16)11-7-10(15)5-6-12(11)19-8-14(2,3)13(17)18-4/h5-7,9H,8,16H2,1-4H3/t9-/m0/s1. The summed E-state index contributed by atoms with van der Waals surface area (Å²) in [5, 5.41) is 0. The average molecular weight is 269 g/mol. The first-order chi connectivity index (χ1) is 8.77. The molecule has 0 saturated carbocycles. The maximum atomic E-state index is 13.2. The second-order valence-corrected chi connectivity index (χ2v) is 5.13. The molecule has 106 valence electrons. The summed E-state index contributed by atoms with van der Waals surface area (Å²) in [5.74, 6) is -0.253. The van der Waals surface area contributed by atoms with Gasteiger partial charge >= 0.3 is 5.97 Å². The number of rotatable bonds is 5. The molecule has 0 unspecified atom stereocenters. The SMILES string of the molecule is COC(=O)C(C)(C)COc1ccc(F)cc1[C@H](C)N. The summed E-state index contributed by atoms with van der Waals surface area (Å²) in [5.41, 5.74) is 5.56. The Morgan fingerprint density at radius 1 is 1.47 bits per heavy atom. The van der Waals surface area contributed by atoms with Crippen molar-refractivity contribution in [3.63, 3.8) is 0 Å². The van der Waals surface area contributed by atoms with Crippen LogP contribution in [0.3, 0.4) is 0 Å². The van der Waals surface area contributed by atoms with Gasteiger partial charge in [0.15, 0.2) is 0 Å². The van der Waals surface area contributed by atoms with Gasteiger partial charge in [-0.05, 0) is 39.0 Å². The summed E-state index contributed by atoms with van der Waals surface area (Å²) < 4.78 is 23.5. The zero-order valence-corrected chi connectivity index (χ0v) is 11.7. The molecule has 0 radical (unpaired) electrons. The first kappa shape index (κ1) is 15.4. The number of hydrogen-bond acceptors (Lipinski definition) is 4. The van der Waals surface area contributed by atoms with Crippen molar-refractivity contribution in [2.75, 3.05) is 13.7 Å². The van der Waals surface area contributed by atoms with Crippen molar-refractivity contribution in [3.05, 3.63) is 29.6 Å². The maximum Gasteiger partial charge on any atom is 0.314 e. The highest BCUT2D eigenvalue weighted by Gasteiger charge is 2.30. The van der Waals surface area contributed by atoms with E-state index in [9.17, 15) is 9.18 Å². The van der Waals surface area contributed by atoms with Crippen LogP contribution in [0.1, 0.15) is 32.4 Å². The van der Waals surface area contributed by atoms with Crippen LogP contribution in [0.4, 0.5) is 4.39 Å². The number of esters is 1. The zero-order chi connectivity index (χ0) is 14.6. The molecule has 0 saturated heterocycles. The second kappa shape index (κ2) is 6.02. The molecule has 0 heterocycles. The molecule has 0 bridgehead atoms. The lowest BCUT2D eigenvalue weighted by molar-refractivity contribution is -0.152. The summed E-state index contributed by atoms with van der Waals surface area (Å²) in [6.07, 6.45) is 0. The van der Waals surface area contributed by atoms with Crippen LogP contribution in [0.15, 0.2) is 18.2 Å². The molecule has 1 aromatic carbocycles. The molecule has 2 N–H and O–H groups in total. The summed E-state index contributed by atoms with van der Waals surface area (Å²) in [6.45, 7) is 5.31. The number of methoxy groups -OCH3 is 1. The van der Waals surface area contributed by atoms with Gasteiger partial charge in [-0.1, -0.05) is 0 Å². The highest BCUT2D eigenvalue weighted by molar-refractivity contribution is 5.75. The third kappa shape index (κ3) is 3.92. The molecule has 5 heteroatoms. The Kier molecular flexibility index (Phi) is 4.89. The molecule has 0 spiro atoms. The topological polar surface area (TPSA) is 61.5 Å². The molecule has 1 atom stereocenters. The summed E-state index contributed by atoms with van der Waals surface area (Å²) in [6, 6.07) is 3.80. The lowest BCUT2D eigenvalue weighted by Crippen LogP contribution is -2.32. The van der Waals surface area contributed by atoms with E-state index < -0.39 is 5.41 Å². The van der Waals surface area contributed by atoms with E-state index in [1.165, 1.54) is 25.3 Å². The van der Waals surface area contributed by atoms with Gasteiger partial charge in [-0.25, -0.2) is 4.39 Å². The van der Waals surface area contributed by atoms with E-state index in [4.69, 9.17) is 15.2 Å².